The second-order valence-electron chi connectivity index (χ2n) is 3.84. The summed E-state index contributed by atoms with van der Waals surface area (Å²) in [7, 11) is 0. The molecule has 1 atom stereocenters. The van der Waals surface area contributed by atoms with E-state index in [-0.39, 0.29) is 5.91 Å². The van der Waals surface area contributed by atoms with Crippen molar-refractivity contribution in [1.82, 2.24) is 4.90 Å². The molecule has 1 aliphatic heterocycles. The van der Waals surface area contributed by atoms with Gasteiger partial charge in [-0.3, -0.25) is 4.79 Å². The van der Waals surface area contributed by atoms with E-state index in [2.05, 4.69) is 6.92 Å². The summed E-state index contributed by atoms with van der Waals surface area (Å²) < 4.78 is 0. The number of carbonyl (C=O) groups excluding carboxylic acids is 1. The number of thioether (sulfide) groups is 1. The van der Waals surface area contributed by atoms with Gasteiger partial charge < -0.3 is 4.90 Å². The number of benzene rings is 1. The molecule has 0 aliphatic carbocycles. The summed E-state index contributed by atoms with van der Waals surface area (Å²) in [6.07, 6.45) is 0. The van der Waals surface area contributed by atoms with Crippen LogP contribution in [0.5, 0.6) is 0 Å². The lowest BCUT2D eigenvalue weighted by Crippen LogP contribution is -2.33. The zero-order valence-electron chi connectivity index (χ0n) is 9.06. The predicted octanol–water partition coefficient (Wildman–Crippen LogP) is 2.53. The van der Waals surface area contributed by atoms with Crippen LogP contribution in [0.1, 0.15) is 22.8 Å². The Balaban J connectivity index is 2.20. The van der Waals surface area contributed by atoms with Crippen LogP contribution in [0.2, 0.25) is 0 Å². The van der Waals surface area contributed by atoms with E-state index in [1.807, 2.05) is 47.9 Å². The minimum absolute atomic E-state index is 0.163. The number of carbonyl (C=O) groups is 1. The van der Waals surface area contributed by atoms with E-state index < -0.39 is 0 Å². The fourth-order valence-electron chi connectivity index (χ4n) is 1.80. The molecule has 0 aromatic heterocycles. The van der Waals surface area contributed by atoms with Crippen LogP contribution in [0, 0.1) is 6.92 Å². The molecule has 1 saturated heterocycles. The van der Waals surface area contributed by atoms with Gasteiger partial charge >= 0.3 is 0 Å². The summed E-state index contributed by atoms with van der Waals surface area (Å²) in [6.45, 7) is 4.98. The van der Waals surface area contributed by atoms with Gasteiger partial charge in [0.25, 0.3) is 5.91 Å². The van der Waals surface area contributed by atoms with Crippen molar-refractivity contribution in [3.05, 3.63) is 35.4 Å². The van der Waals surface area contributed by atoms with Crippen molar-refractivity contribution in [3.8, 4) is 0 Å². The highest BCUT2D eigenvalue weighted by molar-refractivity contribution is 8.00. The molecule has 2 rings (SSSR count). The Morgan fingerprint density at radius 3 is 2.93 bits per heavy atom. The molecule has 2 nitrogen and oxygen atoms in total. The maximum atomic E-state index is 12.1. The van der Waals surface area contributed by atoms with Crippen molar-refractivity contribution >= 4 is 17.7 Å². The Hall–Kier alpha value is -0.960. The van der Waals surface area contributed by atoms with Crippen molar-refractivity contribution in [2.45, 2.75) is 19.2 Å². The van der Waals surface area contributed by atoms with Gasteiger partial charge in [0.1, 0.15) is 0 Å². The fourth-order valence-corrected chi connectivity index (χ4v) is 2.83. The molecule has 0 saturated carbocycles. The molecule has 0 radical (unpaired) electrons. The molecule has 0 N–H and O–H groups in total. The lowest BCUT2D eigenvalue weighted by atomic mass is 10.1. The van der Waals surface area contributed by atoms with E-state index in [1.54, 1.807) is 0 Å². The Morgan fingerprint density at radius 2 is 2.33 bits per heavy atom. The minimum Gasteiger partial charge on any atom is -0.326 e. The smallest absolute Gasteiger partial charge is 0.254 e. The number of hydrogen-bond donors (Lipinski definition) is 0. The first-order chi connectivity index (χ1) is 7.18. The topological polar surface area (TPSA) is 20.3 Å². The lowest BCUT2D eigenvalue weighted by molar-refractivity contribution is 0.0768. The van der Waals surface area contributed by atoms with Gasteiger partial charge in [0.05, 0.1) is 5.37 Å². The van der Waals surface area contributed by atoms with Gasteiger partial charge in [-0.25, -0.2) is 0 Å². The van der Waals surface area contributed by atoms with Gasteiger partial charge in [-0.1, -0.05) is 17.7 Å². The van der Waals surface area contributed by atoms with Crippen molar-refractivity contribution in [2.75, 3.05) is 12.3 Å². The number of hydrogen-bond acceptors (Lipinski definition) is 2. The summed E-state index contributed by atoms with van der Waals surface area (Å²) in [6, 6.07) is 7.80. The highest BCUT2D eigenvalue weighted by Crippen LogP contribution is 2.24. The summed E-state index contributed by atoms with van der Waals surface area (Å²) >= 11 is 1.84. The molecule has 1 amide bonds. The Labute approximate surface area is 94.7 Å². The van der Waals surface area contributed by atoms with Gasteiger partial charge in [-0.05, 0) is 26.0 Å². The molecule has 80 valence electrons. The summed E-state index contributed by atoms with van der Waals surface area (Å²) in [5.74, 6) is 1.22. The highest BCUT2D eigenvalue weighted by atomic mass is 32.2. The molecule has 1 aliphatic rings. The molecular formula is C12H15NOS. The van der Waals surface area contributed by atoms with Crippen LogP contribution in [0.25, 0.3) is 0 Å². The standard InChI is InChI=1S/C12H15NOS/c1-9-4-3-5-11(8-9)12(14)13-6-7-15-10(13)2/h3-5,8,10H,6-7H2,1-2H3. The first kappa shape index (κ1) is 10.6. The van der Waals surface area contributed by atoms with Crippen LogP contribution in [0.3, 0.4) is 0 Å². The average molecular weight is 221 g/mol. The Kier molecular flexibility index (Phi) is 3.00. The molecular weight excluding hydrogens is 206 g/mol. The normalized spacial score (nSPS) is 20.7. The Morgan fingerprint density at radius 1 is 1.53 bits per heavy atom. The van der Waals surface area contributed by atoms with Crippen LogP contribution in [0.4, 0.5) is 0 Å². The van der Waals surface area contributed by atoms with E-state index in [0.717, 1.165) is 23.4 Å². The number of nitrogens with zero attached hydrogens (tertiary/aromatic N) is 1. The van der Waals surface area contributed by atoms with E-state index in [4.69, 9.17) is 0 Å². The molecule has 1 aromatic carbocycles. The molecule has 1 heterocycles. The second kappa shape index (κ2) is 4.27. The number of amides is 1. The second-order valence-corrected chi connectivity index (χ2v) is 5.26. The molecule has 1 fully saturated rings. The van der Waals surface area contributed by atoms with Crippen molar-refractivity contribution in [1.29, 1.82) is 0 Å². The molecule has 15 heavy (non-hydrogen) atoms. The maximum absolute atomic E-state index is 12.1. The van der Waals surface area contributed by atoms with Gasteiger partial charge in [-0.2, -0.15) is 0 Å². The van der Waals surface area contributed by atoms with Crippen LogP contribution in [-0.2, 0) is 0 Å². The summed E-state index contributed by atoms with van der Waals surface area (Å²) in [5, 5.41) is 0.318. The van der Waals surface area contributed by atoms with Crippen LogP contribution >= 0.6 is 11.8 Å². The largest absolute Gasteiger partial charge is 0.326 e. The van der Waals surface area contributed by atoms with Gasteiger partial charge in [0.2, 0.25) is 0 Å². The third kappa shape index (κ3) is 2.17. The first-order valence-corrected chi connectivity index (χ1v) is 6.22. The quantitative estimate of drug-likeness (QED) is 0.726. The van der Waals surface area contributed by atoms with Gasteiger partial charge in [-0.15, -0.1) is 11.8 Å². The average Bonchev–Trinajstić information content (AvgIpc) is 2.63. The van der Waals surface area contributed by atoms with E-state index in [0.29, 0.717) is 5.37 Å². The Bertz CT molecular complexity index is 378. The fraction of sp³-hybridized carbons (Fsp3) is 0.417. The molecule has 0 bridgehead atoms. The maximum Gasteiger partial charge on any atom is 0.254 e. The third-order valence-electron chi connectivity index (χ3n) is 2.66. The molecule has 1 unspecified atom stereocenters. The summed E-state index contributed by atoms with van der Waals surface area (Å²) in [4.78, 5) is 14.1. The van der Waals surface area contributed by atoms with E-state index in [1.165, 1.54) is 0 Å². The van der Waals surface area contributed by atoms with Crippen LogP contribution in [0.15, 0.2) is 24.3 Å². The van der Waals surface area contributed by atoms with Crippen LogP contribution in [-0.4, -0.2) is 28.5 Å². The van der Waals surface area contributed by atoms with Crippen LogP contribution < -0.4 is 0 Å². The lowest BCUT2D eigenvalue weighted by Gasteiger charge is -2.20. The van der Waals surface area contributed by atoms with Gasteiger partial charge in [0, 0.05) is 17.9 Å². The predicted molar refractivity (Wildman–Crippen MR) is 64.1 cm³/mol. The molecule has 3 heteroatoms. The zero-order valence-corrected chi connectivity index (χ0v) is 9.88. The van der Waals surface area contributed by atoms with Gasteiger partial charge in [0.15, 0.2) is 0 Å². The van der Waals surface area contributed by atoms with Crippen molar-refractivity contribution < 1.29 is 4.79 Å². The molecule has 1 aromatic rings. The SMILES string of the molecule is Cc1cccc(C(=O)N2CCSC2C)c1. The molecule has 0 spiro atoms. The first-order valence-electron chi connectivity index (χ1n) is 5.18. The van der Waals surface area contributed by atoms with Crippen molar-refractivity contribution in [2.24, 2.45) is 0 Å². The van der Waals surface area contributed by atoms with E-state index >= 15 is 0 Å². The zero-order chi connectivity index (χ0) is 10.8. The highest BCUT2D eigenvalue weighted by Gasteiger charge is 2.26. The minimum atomic E-state index is 0.163. The number of aryl methyl sites for hydroxylation is 1. The third-order valence-corrected chi connectivity index (χ3v) is 3.81. The van der Waals surface area contributed by atoms with E-state index in [9.17, 15) is 4.79 Å². The number of rotatable bonds is 1. The monoisotopic (exact) mass is 221 g/mol. The summed E-state index contributed by atoms with van der Waals surface area (Å²) in [5.41, 5.74) is 1.95. The van der Waals surface area contributed by atoms with Crippen molar-refractivity contribution in [3.63, 3.8) is 0 Å².